The van der Waals surface area contributed by atoms with Crippen LogP contribution in [-0.4, -0.2) is 15.3 Å². The molecule has 2 aromatic heterocycles. The van der Waals surface area contributed by atoms with Gasteiger partial charge in [0.05, 0.1) is 11.1 Å². The fourth-order valence-electron chi connectivity index (χ4n) is 3.81. The van der Waals surface area contributed by atoms with Crippen LogP contribution in [0.25, 0.3) is 15.9 Å². The number of fused-ring (bicyclic) bond motifs is 3. The Morgan fingerprint density at radius 2 is 2.07 bits per heavy atom. The molecule has 0 bridgehead atoms. The number of para-hydroxylation sites is 1. The van der Waals surface area contributed by atoms with Crippen molar-refractivity contribution in [3.05, 3.63) is 51.1 Å². The second kappa shape index (κ2) is 7.80. The Kier molecular flexibility index (Phi) is 5.42. The minimum absolute atomic E-state index is 0.101. The van der Waals surface area contributed by atoms with Gasteiger partial charge in [-0.3, -0.25) is 9.36 Å². The summed E-state index contributed by atoms with van der Waals surface area (Å²) in [6.07, 6.45) is 4.57. The molecule has 1 unspecified atom stereocenters. The minimum Gasteiger partial charge on any atom is -0.268 e. The topological polar surface area (TPSA) is 34.9 Å². The third kappa shape index (κ3) is 3.59. The molecule has 0 saturated carbocycles. The number of rotatable bonds is 5. The zero-order chi connectivity index (χ0) is 19.0. The molecule has 2 heterocycles. The first-order chi connectivity index (χ1) is 13.1. The van der Waals surface area contributed by atoms with Crippen LogP contribution in [0.2, 0.25) is 0 Å². The predicted octanol–water partition coefficient (Wildman–Crippen LogP) is 6.03. The maximum Gasteiger partial charge on any atom is 0.267 e. The van der Waals surface area contributed by atoms with Crippen LogP contribution in [-0.2, 0) is 6.42 Å². The molecule has 0 aliphatic heterocycles. The van der Waals surface area contributed by atoms with E-state index >= 15 is 0 Å². The van der Waals surface area contributed by atoms with Gasteiger partial charge in [-0.25, -0.2) is 4.98 Å². The summed E-state index contributed by atoms with van der Waals surface area (Å²) in [5, 5.41) is 1.69. The first-order valence-corrected chi connectivity index (χ1v) is 11.6. The van der Waals surface area contributed by atoms with Crippen LogP contribution in [0.4, 0.5) is 0 Å². The van der Waals surface area contributed by atoms with E-state index < -0.39 is 0 Å². The molecule has 4 rings (SSSR count). The first kappa shape index (κ1) is 18.8. The predicted molar refractivity (Wildman–Crippen MR) is 117 cm³/mol. The van der Waals surface area contributed by atoms with Crippen LogP contribution < -0.4 is 5.56 Å². The van der Waals surface area contributed by atoms with Crippen LogP contribution in [0.5, 0.6) is 0 Å². The zero-order valence-electron chi connectivity index (χ0n) is 16.2. The average molecular weight is 399 g/mol. The van der Waals surface area contributed by atoms with Gasteiger partial charge in [0.15, 0.2) is 5.16 Å². The van der Waals surface area contributed by atoms with Crippen LogP contribution in [0.1, 0.15) is 56.4 Å². The molecule has 27 heavy (non-hydrogen) atoms. The second-order valence-electron chi connectivity index (χ2n) is 7.81. The molecule has 3 nitrogen and oxygen atoms in total. The van der Waals surface area contributed by atoms with Crippen molar-refractivity contribution in [3.63, 3.8) is 0 Å². The lowest BCUT2D eigenvalue weighted by atomic mass is 9.88. The highest BCUT2D eigenvalue weighted by atomic mass is 32.2. The van der Waals surface area contributed by atoms with Crippen LogP contribution in [0, 0.1) is 5.92 Å². The molecule has 142 valence electrons. The Balaban J connectivity index is 1.91. The summed E-state index contributed by atoms with van der Waals surface area (Å²) in [4.78, 5) is 20.9. The van der Waals surface area contributed by atoms with E-state index in [9.17, 15) is 4.79 Å². The average Bonchev–Trinajstić information content (AvgIpc) is 3.02. The first-order valence-electron chi connectivity index (χ1n) is 9.82. The Morgan fingerprint density at radius 3 is 2.81 bits per heavy atom. The van der Waals surface area contributed by atoms with Crippen molar-refractivity contribution in [2.24, 2.45) is 5.92 Å². The maximum atomic E-state index is 13.6. The summed E-state index contributed by atoms with van der Waals surface area (Å²) in [6.45, 7) is 6.72. The molecule has 1 aromatic carbocycles. The van der Waals surface area contributed by atoms with Gasteiger partial charge in [-0.15, -0.1) is 11.3 Å². The highest BCUT2D eigenvalue weighted by Gasteiger charge is 2.26. The molecule has 5 heteroatoms. The summed E-state index contributed by atoms with van der Waals surface area (Å²) < 4.78 is 1.83. The third-order valence-electron chi connectivity index (χ3n) is 5.28. The standard InChI is InChI=1S/C22H26N2OS2/c1-14(2)12-13-26-22-23-20-19(18-15(3)8-7-11-17(18)27-20)21(25)24(22)16-9-5-4-6-10-16/h4-6,9-10,14-15H,7-8,11-13H2,1-3H3. The van der Waals surface area contributed by atoms with Gasteiger partial charge >= 0.3 is 0 Å². The van der Waals surface area contributed by atoms with Gasteiger partial charge in [0.1, 0.15) is 4.83 Å². The molecule has 0 saturated heterocycles. The fourth-order valence-corrected chi connectivity index (χ4v) is 6.43. The van der Waals surface area contributed by atoms with Gasteiger partial charge < -0.3 is 0 Å². The maximum absolute atomic E-state index is 13.6. The molecule has 1 atom stereocenters. The van der Waals surface area contributed by atoms with E-state index in [0.717, 1.165) is 46.1 Å². The number of thioether (sulfide) groups is 1. The summed E-state index contributed by atoms with van der Waals surface area (Å²) in [6, 6.07) is 9.97. The van der Waals surface area contributed by atoms with Gasteiger partial charge in [-0.1, -0.05) is 50.7 Å². The summed E-state index contributed by atoms with van der Waals surface area (Å²) in [5.74, 6) is 2.07. The number of hydrogen-bond donors (Lipinski definition) is 0. The fraction of sp³-hybridized carbons (Fsp3) is 0.455. The molecule has 1 aliphatic carbocycles. The Labute approximate surface area is 168 Å². The molecular formula is C22H26N2OS2. The second-order valence-corrected chi connectivity index (χ2v) is 9.96. The van der Waals surface area contributed by atoms with E-state index in [1.807, 2.05) is 34.9 Å². The van der Waals surface area contributed by atoms with Crippen LogP contribution >= 0.6 is 23.1 Å². The lowest BCUT2D eigenvalue weighted by Gasteiger charge is -2.19. The highest BCUT2D eigenvalue weighted by Crippen LogP contribution is 2.41. The van der Waals surface area contributed by atoms with Gasteiger partial charge in [-0.05, 0) is 55.2 Å². The van der Waals surface area contributed by atoms with Crippen molar-refractivity contribution in [1.82, 2.24) is 9.55 Å². The largest absolute Gasteiger partial charge is 0.268 e. The number of aryl methyl sites for hydroxylation is 1. The van der Waals surface area contributed by atoms with Crippen molar-refractivity contribution in [3.8, 4) is 5.69 Å². The van der Waals surface area contributed by atoms with Crippen molar-refractivity contribution in [2.75, 3.05) is 5.75 Å². The number of hydrogen-bond acceptors (Lipinski definition) is 4. The van der Waals surface area contributed by atoms with Crippen LogP contribution in [0.15, 0.2) is 40.3 Å². The van der Waals surface area contributed by atoms with Gasteiger partial charge in [0.25, 0.3) is 5.56 Å². The Morgan fingerprint density at radius 1 is 1.30 bits per heavy atom. The van der Waals surface area contributed by atoms with Crippen molar-refractivity contribution >= 4 is 33.3 Å². The van der Waals surface area contributed by atoms with E-state index in [1.165, 1.54) is 16.9 Å². The number of aromatic nitrogens is 2. The van der Waals surface area contributed by atoms with E-state index in [1.54, 1.807) is 23.1 Å². The summed E-state index contributed by atoms with van der Waals surface area (Å²) in [7, 11) is 0. The van der Waals surface area contributed by atoms with E-state index in [-0.39, 0.29) is 5.56 Å². The van der Waals surface area contributed by atoms with Crippen molar-refractivity contribution in [2.45, 2.75) is 57.5 Å². The molecule has 0 fully saturated rings. The molecule has 1 aliphatic rings. The number of nitrogens with zero attached hydrogens (tertiary/aromatic N) is 2. The molecule has 0 spiro atoms. The normalized spacial score (nSPS) is 16.8. The van der Waals surface area contributed by atoms with E-state index in [0.29, 0.717) is 11.8 Å². The smallest absolute Gasteiger partial charge is 0.267 e. The van der Waals surface area contributed by atoms with Crippen LogP contribution in [0.3, 0.4) is 0 Å². The zero-order valence-corrected chi connectivity index (χ0v) is 17.8. The van der Waals surface area contributed by atoms with Crippen molar-refractivity contribution in [1.29, 1.82) is 0 Å². The summed E-state index contributed by atoms with van der Waals surface area (Å²) in [5.41, 5.74) is 2.28. The molecular weight excluding hydrogens is 372 g/mol. The minimum atomic E-state index is 0.101. The monoisotopic (exact) mass is 398 g/mol. The molecule has 0 amide bonds. The quantitative estimate of drug-likeness (QED) is 0.389. The van der Waals surface area contributed by atoms with Gasteiger partial charge in [0.2, 0.25) is 0 Å². The highest BCUT2D eigenvalue weighted by molar-refractivity contribution is 7.99. The molecule has 3 aromatic rings. The Hall–Kier alpha value is -1.59. The SMILES string of the molecule is CC(C)CCSc1nc2sc3c(c2c(=O)n1-c1ccccc1)C(C)CCC3. The van der Waals surface area contributed by atoms with Gasteiger partial charge in [-0.2, -0.15) is 0 Å². The lowest BCUT2D eigenvalue weighted by Crippen LogP contribution is -2.22. The molecule has 0 N–H and O–H groups in total. The van der Waals surface area contributed by atoms with Gasteiger partial charge in [0, 0.05) is 10.6 Å². The summed E-state index contributed by atoms with van der Waals surface area (Å²) >= 11 is 3.44. The van der Waals surface area contributed by atoms with E-state index in [4.69, 9.17) is 4.98 Å². The van der Waals surface area contributed by atoms with E-state index in [2.05, 4.69) is 20.8 Å². The lowest BCUT2D eigenvalue weighted by molar-refractivity contribution is 0.601. The number of benzene rings is 1. The molecule has 0 radical (unpaired) electrons. The Bertz CT molecular complexity index is 1000. The number of thiophene rings is 1. The van der Waals surface area contributed by atoms with Crippen molar-refractivity contribution < 1.29 is 0 Å². The third-order valence-corrected chi connectivity index (χ3v) is 7.41.